The van der Waals surface area contributed by atoms with E-state index in [4.69, 9.17) is 0 Å². The number of aryl methyl sites for hydroxylation is 1. The molecule has 0 aliphatic rings. The monoisotopic (exact) mass is 256 g/mol. The normalized spacial score (nSPS) is 11.2. The number of hydrogen-bond donors (Lipinski definition) is 1. The van der Waals surface area contributed by atoms with Gasteiger partial charge in [-0.05, 0) is 12.1 Å². The van der Waals surface area contributed by atoms with Crippen LogP contribution in [0, 0.1) is 0 Å². The summed E-state index contributed by atoms with van der Waals surface area (Å²) in [5.74, 6) is 0.981. The van der Waals surface area contributed by atoms with Crippen LogP contribution in [0.4, 0.5) is 0 Å². The number of hydrogen-bond acceptors (Lipinski definition) is 4. The molecule has 6 nitrogen and oxygen atoms in total. The van der Waals surface area contributed by atoms with Crippen LogP contribution in [0.1, 0.15) is 11.4 Å². The summed E-state index contributed by atoms with van der Waals surface area (Å²) in [5, 5.41) is 15.9. The van der Waals surface area contributed by atoms with Crippen molar-refractivity contribution in [3.63, 3.8) is 0 Å². The molecule has 3 rings (SSSR count). The number of aromatic nitrogens is 5. The van der Waals surface area contributed by atoms with Crippen molar-refractivity contribution < 1.29 is 0 Å². The molecule has 0 aliphatic carbocycles. The van der Waals surface area contributed by atoms with Gasteiger partial charge in [0.1, 0.15) is 5.82 Å². The Labute approximate surface area is 111 Å². The molecule has 3 heterocycles. The molecule has 0 aliphatic heterocycles. The van der Waals surface area contributed by atoms with E-state index in [0.717, 1.165) is 31.0 Å². The third kappa shape index (κ3) is 2.63. The molecule has 3 aromatic heterocycles. The minimum Gasteiger partial charge on any atom is -0.312 e. The molecule has 0 fully saturated rings. The number of pyridine rings is 1. The van der Waals surface area contributed by atoms with Crippen LogP contribution in [0.15, 0.2) is 36.8 Å². The van der Waals surface area contributed by atoms with Crippen LogP contribution >= 0.6 is 0 Å². The van der Waals surface area contributed by atoms with Gasteiger partial charge in [-0.25, -0.2) is 0 Å². The molecular formula is C13H16N6. The molecule has 0 saturated carbocycles. The Morgan fingerprint density at radius 2 is 2.21 bits per heavy atom. The van der Waals surface area contributed by atoms with Crippen molar-refractivity contribution in [1.82, 2.24) is 29.7 Å². The van der Waals surface area contributed by atoms with Gasteiger partial charge in [-0.2, -0.15) is 5.10 Å². The topological polar surface area (TPSA) is 60.0 Å². The first kappa shape index (κ1) is 11.9. The molecule has 0 aromatic carbocycles. The standard InChI is InChI=1S/C13H16N6/c1-18-10-11(9-15-18)8-14-6-5-13-17-16-12-4-2-3-7-19(12)13/h2-4,7,9-10,14H,5-6,8H2,1H3. The first-order valence-electron chi connectivity index (χ1n) is 6.30. The second kappa shape index (κ2) is 5.19. The van der Waals surface area contributed by atoms with E-state index in [-0.39, 0.29) is 0 Å². The van der Waals surface area contributed by atoms with Crippen LogP contribution in [0.2, 0.25) is 0 Å². The molecule has 19 heavy (non-hydrogen) atoms. The third-order valence-corrected chi connectivity index (χ3v) is 3.00. The SMILES string of the molecule is Cn1cc(CNCCc2nnc3ccccn23)cn1. The van der Waals surface area contributed by atoms with Crippen molar-refractivity contribution >= 4 is 5.65 Å². The maximum atomic E-state index is 4.20. The molecule has 3 aromatic rings. The van der Waals surface area contributed by atoms with E-state index >= 15 is 0 Å². The highest BCUT2D eigenvalue weighted by molar-refractivity contribution is 5.36. The summed E-state index contributed by atoms with van der Waals surface area (Å²) in [6.07, 6.45) is 6.73. The number of rotatable bonds is 5. The van der Waals surface area contributed by atoms with Gasteiger partial charge in [0, 0.05) is 44.5 Å². The highest BCUT2D eigenvalue weighted by Gasteiger charge is 2.03. The van der Waals surface area contributed by atoms with Gasteiger partial charge < -0.3 is 5.32 Å². The molecule has 0 radical (unpaired) electrons. The second-order valence-electron chi connectivity index (χ2n) is 4.49. The molecule has 1 N–H and O–H groups in total. The van der Waals surface area contributed by atoms with Gasteiger partial charge in [0.2, 0.25) is 0 Å². The lowest BCUT2D eigenvalue weighted by atomic mass is 10.3. The van der Waals surface area contributed by atoms with E-state index in [1.165, 1.54) is 5.56 Å². The maximum absolute atomic E-state index is 4.20. The van der Waals surface area contributed by atoms with E-state index in [2.05, 4.69) is 20.6 Å². The van der Waals surface area contributed by atoms with Crippen LogP contribution in [-0.2, 0) is 20.0 Å². The summed E-state index contributed by atoms with van der Waals surface area (Å²) in [6.45, 7) is 1.69. The average molecular weight is 256 g/mol. The van der Waals surface area contributed by atoms with Crippen molar-refractivity contribution in [2.45, 2.75) is 13.0 Å². The highest BCUT2D eigenvalue weighted by atomic mass is 15.2. The Balaban J connectivity index is 1.55. The van der Waals surface area contributed by atoms with E-state index in [0.29, 0.717) is 0 Å². The van der Waals surface area contributed by atoms with E-state index in [1.54, 1.807) is 0 Å². The lowest BCUT2D eigenvalue weighted by Crippen LogP contribution is -2.17. The molecule has 6 heteroatoms. The fraction of sp³-hybridized carbons (Fsp3) is 0.308. The summed E-state index contributed by atoms with van der Waals surface area (Å²) in [4.78, 5) is 0. The molecule has 0 bridgehead atoms. The van der Waals surface area contributed by atoms with Crippen molar-refractivity contribution in [3.05, 3.63) is 48.2 Å². The van der Waals surface area contributed by atoms with E-state index in [1.807, 2.05) is 52.9 Å². The first-order valence-corrected chi connectivity index (χ1v) is 6.30. The summed E-state index contributed by atoms with van der Waals surface area (Å²) in [7, 11) is 1.92. The predicted molar refractivity (Wildman–Crippen MR) is 71.6 cm³/mol. The molecule has 0 saturated heterocycles. The molecule has 0 atom stereocenters. The predicted octanol–water partition coefficient (Wildman–Crippen LogP) is 0.795. The highest BCUT2D eigenvalue weighted by Crippen LogP contribution is 2.03. The zero-order valence-corrected chi connectivity index (χ0v) is 10.8. The Bertz CT molecular complexity index is 668. The van der Waals surface area contributed by atoms with Crippen molar-refractivity contribution in [2.75, 3.05) is 6.54 Å². The zero-order valence-electron chi connectivity index (χ0n) is 10.8. The summed E-state index contributed by atoms with van der Waals surface area (Å²) >= 11 is 0. The van der Waals surface area contributed by atoms with E-state index < -0.39 is 0 Å². The largest absolute Gasteiger partial charge is 0.312 e. The van der Waals surface area contributed by atoms with Crippen molar-refractivity contribution in [3.8, 4) is 0 Å². The van der Waals surface area contributed by atoms with Crippen LogP contribution < -0.4 is 5.32 Å². The minimum absolute atomic E-state index is 0.824. The number of fused-ring (bicyclic) bond motifs is 1. The van der Waals surface area contributed by atoms with Gasteiger partial charge >= 0.3 is 0 Å². The molecule has 98 valence electrons. The number of nitrogens with one attached hydrogen (secondary N) is 1. The molecule has 0 unspecified atom stereocenters. The van der Waals surface area contributed by atoms with E-state index in [9.17, 15) is 0 Å². The zero-order chi connectivity index (χ0) is 13.1. The van der Waals surface area contributed by atoms with Gasteiger partial charge in [-0.1, -0.05) is 6.07 Å². The van der Waals surface area contributed by atoms with Crippen molar-refractivity contribution in [1.29, 1.82) is 0 Å². The molecule has 0 spiro atoms. The Morgan fingerprint density at radius 1 is 1.26 bits per heavy atom. The van der Waals surface area contributed by atoms with Gasteiger partial charge in [0.15, 0.2) is 5.65 Å². The quantitative estimate of drug-likeness (QED) is 0.686. The van der Waals surface area contributed by atoms with Gasteiger partial charge in [-0.3, -0.25) is 9.08 Å². The maximum Gasteiger partial charge on any atom is 0.160 e. The lowest BCUT2D eigenvalue weighted by Gasteiger charge is -2.02. The smallest absolute Gasteiger partial charge is 0.160 e. The number of nitrogens with zero attached hydrogens (tertiary/aromatic N) is 5. The average Bonchev–Trinajstić information content (AvgIpc) is 3.02. The van der Waals surface area contributed by atoms with Gasteiger partial charge in [-0.15, -0.1) is 10.2 Å². The van der Waals surface area contributed by atoms with Crippen molar-refractivity contribution in [2.24, 2.45) is 7.05 Å². The summed E-state index contributed by atoms with van der Waals surface area (Å²) < 4.78 is 3.83. The fourth-order valence-corrected chi connectivity index (χ4v) is 2.06. The third-order valence-electron chi connectivity index (χ3n) is 3.00. The lowest BCUT2D eigenvalue weighted by molar-refractivity contribution is 0.666. The summed E-state index contributed by atoms with van der Waals surface area (Å²) in [6, 6.07) is 5.91. The second-order valence-corrected chi connectivity index (χ2v) is 4.49. The Kier molecular flexibility index (Phi) is 3.24. The van der Waals surface area contributed by atoms with Crippen LogP contribution in [0.3, 0.4) is 0 Å². The fourth-order valence-electron chi connectivity index (χ4n) is 2.06. The van der Waals surface area contributed by atoms with Crippen LogP contribution in [0.5, 0.6) is 0 Å². The Morgan fingerprint density at radius 3 is 3.05 bits per heavy atom. The van der Waals surface area contributed by atoms with Gasteiger partial charge in [0.25, 0.3) is 0 Å². The first-order chi connectivity index (χ1) is 9.33. The molecular weight excluding hydrogens is 240 g/mol. The van der Waals surface area contributed by atoms with Crippen LogP contribution in [0.25, 0.3) is 5.65 Å². The van der Waals surface area contributed by atoms with Gasteiger partial charge in [0.05, 0.1) is 6.20 Å². The summed E-state index contributed by atoms with van der Waals surface area (Å²) in [5.41, 5.74) is 2.08. The molecule has 0 amide bonds. The van der Waals surface area contributed by atoms with Crippen LogP contribution in [-0.4, -0.2) is 30.9 Å². The minimum atomic E-state index is 0.824. The Hall–Kier alpha value is -2.21.